The molecule has 8 nitrogen and oxygen atoms in total. The van der Waals surface area contributed by atoms with Crippen LogP contribution in [0.4, 0.5) is 5.69 Å². The summed E-state index contributed by atoms with van der Waals surface area (Å²) in [7, 11) is 0. The highest BCUT2D eigenvalue weighted by Gasteiger charge is 2.34. The Kier molecular flexibility index (Phi) is 5.62. The first kappa shape index (κ1) is 20.6. The second-order valence-electron chi connectivity index (χ2n) is 7.31. The lowest BCUT2D eigenvalue weighted by atomic mass is 10.0. The van der Waals surface area contributed by atoms with Gasteiger partial charge in [0.2, 0.25) is 11.7 Å². The Bertz CT molecular complexity index is 1150. The number of anilines is 1. The molecule has 0 bridgehead atoms. The Morgan fingerprint density at radius 1 is 1.10 bits per heavy atom. The van der Waals surface area contributed by atoms with E-state index in [4.69, 9.17) is 23.2 Å². The number of hydrogen-bond acceptors (Lipinski definition) is 5. The number of likely N-dealkylation sites (tertiary alicyclic amines) is 1. The average Bonchev–Trinajstić information content (AvgIpc) is 3.14. The fourth-order valence-electron chi connectivity index (χ4n) is 3.63. The standard InChI is InChI=1S/C20H20Cl2N6O2/c1-11-9-12(2)28-20(23-11)25-17(26-28)19(30)27-8-4-3-5-16(27)18(29)24-13-6-7-14(21)15(22)10-13/h6-7,9-10,16H,3-5,8H2,1-2H3,(H,24,29). The van der Waals surface area contributed by atoms with Crippen molar-refractivity contribution in [2.45, 2.75) is 39.2 Å². The summed E-state index contributed by atoms with van der Waals surface area (Å²) in [5, 5.41) is 7.89. The second kappa shape index (κ2) is 8.20. The monoisotopic (exact) mass is 446 g/mol. The Hall–Kier alpha value is -2.71. The van der Waals surface area contributed by atoms with E-state index >= 15 is 0 Å². The van der Waals surface area contributed by atoms with E-state index < -0.39 is 6.04 Å². The number of hydrogen-bond donors (Lipinski definition) is 1. The summed E-state index contributed by atoms with van der Waals surface area (Å²) in [6.07, 6.45) is 2.22. The third kappa shape index (κ3) is 3.97. The van der Waals surface area contributed by atoms with E-state index in [-0.39, 0.29) is 17.6 Å². The fourth-order valence-corrected chi connectivity index (χ4v) is 3.93. The third-order valence-electron chi connectivity index (χ3n) is 5.06. The lowest BCUT2D eigenvalue weighted by Crippen LogP contribution is -2.50. The molecule has 1 unspecified atom stereocenters. The highest BCUT2D eigenvalue weighted by atomic mass is 35.5. The number of nitrogens with one attached hydrogen (secondary N) is 1. The normalized spacial score (nSPS) is 16.7. The maximum atomic E-state index is 13.2. The van der Waals surface area contributed by atoms with E-state index in [9.17, 15) is 9.59 Å². The molecule has 1 aromatic carbocycles. The van der Waals surface area contributed by atoms with E-state index in [2.05, 4.69) is 20.4 Å². The Labute approximate surface area is 183 Å². The number of amides is 2. The molecule has 1 fully saturated rings. The summed E-state index contributed by atoms with van der Waals surface area (Å²) >= 11 is 12.0. The van der Waals surface area contributed by atoms with Gasteiger partial charge in [0, 0.05) is 23.6 Å². The minimum atomic E-state index is -0.622. The van der Waals surface area contributed by atoms with Crippen LogP contribution in [-0.4, -0.2) is 48.9 Å². The number of halogens is 2. The third-order valence-corrected chi connectivity index (χ3v) is 5.80. The van der Waals surface area contributed by atoms with Gasteiger partial charge in [-0.2, -0.15) is 4.98 Å². The zero-order chi connectivity index (χ0) is 21.4. The second-order valence-corrected chi connectivity index (χ2v) is 8.13. The number of fused-ring (bicyclic) bond motifs is 1. The Morgan fingerprint density at radius 3 is 2.67 bits per heavy atom. The summed E-state index contributed by atoms with van der Waals surface area (Å²) in [4.78, 5) is 36.3. The molecule has 0 spiro atoms. The van der Waals surface area contributed by atoms with Crippen LogP contribution >= 0.6 is 23.2 Å². The fraction of sp³-hybridized carbons (Fsp3) is 0.350. The largest absolute Gasteiger partial charge is 0.324 e. The predicted molar refractivity (Wildman–Crippen MR) is 114 cm³/mol. The smallest absolute Gasteiger partial charge is 0.294 e. The molecular weight excluding hydrogens is 427 g/mol. The Morgan fingerprint density at radius 2 is 1.90 bits per heavy atom. The molecule has 0 radical (unpaired) electrons. The average molecular weight is 447 g/mol. The van der Waals surface area contributed by atoms with Crippen LogP contribution in [-0.2, 0) is 4.79 Å². The van der Waals surface area contributed by atoms with Gasteiger partial charge in [-0.3, -0.25) is 9.59 Å². The number of carbonyl (C=O) groups is 2. The van der Waals surface area contributed by atoms with Crippen LogP contribution in [0, 0.1) is 13.8 Å². The van der Waals surface area contributed by atoms with Gasteiger partial charge in [0.15, 0.2) is 0 Å². The van der Waals surface area contributed by atoms with Crippen molar-refractivity contribution in [2.75, 3.05) is 11.9 Å². The van der Waals surface area contributed by atoms with Gasteiger partial charge in [-0.15, -0.1) is 5.10 Å². The summed E-state index contributed by atoms with van der Waals surface area (Å²) in [5.74, 6) is -0.267. The zero-order valence-corrected chi connectivity index (χ0v) is 18.0. The summed E-state index contributed by atoms with van der Waals surface area (Å²) in [6.45, 7) is 4.19. The summed E-state index contributed by atoms with van der Waals surface area (Å²) < 4.78 is 1.54. The molecule has 1 N–H and O–H groups in total. The van der Waals surface area contributed by atoms with Crippen molar-refractivity contribution in [1.29, 1.82) is 0 Å². The van der Waals surface area contributed by atoms with Crippen LogP contribution in [0.2, 0.25) is 10.0 Å². The molecule has 4 rings (SSSR count). The number of rotatable bonds is 3. The van der Waals surface area contributed by atoms with Crippen molar-refractivity contribution in [2.24, 2.45) is 0 Å². The van der Waals surface area contributed by atoms with E-state index in [1.807, 2.05) is 19.9 Å². The van der Waals surface area contributed by atoms with E-state index in [1.165, 1.54) is 9.42 Å². The lowest BCUT2D eigenvalue weighted by Gasteiger charge is -2.33. The molecule has 1 atom stereocenters. The van der Waals surface area contributed by atoms with Gasteiger partial charge in [-0.1, -0.05) is 23.2 Å². The van der Waals surface area contributed by atoms with Crippen molar-refractivity contribution >= 4 is 46.5 Å². The molecule has 0 saturated carbocycles. The van der Waals surface area contributed by atoms with Crippen molar-refractivity contribution in [3.05, 3.63) is 51.5 Å². The molecule has 30 heavy (non-hydrogen) atoms. The predicted octanol–water partition coefficient (Wildman–Crippen LogP) is 3.68. The quantitative estimate of drug-likeness (QED) is 0.662. The van der Waals surface area contributed by atoms with Crippen molar-refractivity contribution in [1.82, 2.24) is 24.5 Å². The SMILES string of the molecule is Cc1cc(C)n2nc(C(=O)N3CCCCC3C(=O)Nc3ccc(Cl)c(Cl)c3)nc2n1. The van der Waals surface area contributed by atoms with Crippen molar-refractivity contribution in [3.63, 3.8) is 0 Å². The van der Waals surface area contributed by atoms with Gasteiger partial charge in [-0.05, 0) is 57.4 Å². The van der Waals surface area contributed by atoms with E-state index in [0.29, 0.717) is 34.5 Å². The molecule has 3 aromatic rings. The Balaban J connectivity index is 1.58. The van der Waals surface area contributed by atoms with Gasteiger partial charge < -0.3 is 10.2 Å². The van der Waals surface area contributed by atoms with Crippen LogP contribution in [0.3, 0.4) is 0 Å². The molecule has 2 aromatic heterocycles. The van der Waals surface area contributed by atoms with Gasteiger partial charge >= 0.3 is 0 Å². The molecule has 1 aliphatic heterocycles. The van der Waals surface area contributed by atoms with Gasteiger partial charge in [-0.25, -0.2) is 9.50 Å². The number of carbonyl (C=O) groups excluding carboxylic acids is 2. The molecule has 0 aliphatic carbocycles. The van der Waals surface area contributed by atoms with Crippen LogP contribution in [0.15, 0.2) is 24.3 Å². The van der Waals surface area contributed by atoms with Gasteiger partial charge in [0.1, 0.15) is 6.04 Å². The molecule has 1 aliphatic rings. The first-order valence-electron chi connectivity index (χ1n) is 9.61. The summed E-state index contributed by atoms with van der Waals surface area (Å²) in [6, 6.07) is 6.10. The van der Waals surface area contributed by atoms with Crippen LogP contribution in [0.25, 0.3) is 5.78 Å². The number of piperidine rings is 1. The van der Waals surface area contributed by atoms with Crippen molar-refractivity contribution < 1.29 is 9.59 Å². The van der Waals surface area contributed by atoms with Crippen molar-refractivity contribution in [3.8, 4) is 0 Å². The minimum Gasteiger partial charge on any atom is -0.324 e. The summed E-state index contributed by atoms with van der Waals surface area (Å²) in [5.41, 5.74) is 2.15. The lowest BCUT2D eigenvalue weighted by molar-refractivity contribution is -0.121. The number of aromatic nitrogens is 4. The maximum Gasteiger partial charge on any atom is 0.294 e. The molecular formula is C20H20Cl2N6O2. The minimum absolute atomic E-state index is 0.0328. The molecule has 156 valence electrons. The van der Waals surface area contributed by atoms with Crippen LogP contribution < -0.4 is 5.32 Å². The zero-order valence-electron chi connectivity index (χ0n) is 16.5. The number of nitrogens with zero attached hydrogens (tertiary/aromatic N) is 5. The van der Waals surface area contributed by atoms with E-state index in [0.717, 1.165) is 24.2 Å². The molecule has 1 saturated heterocycles. The number of benzene rings is 1. The number of aryl methyl sites for hydroxylation is 2. The molecule has 3 heterocycles. The highest BCUT2D eigenvalue weighted by Crippen LogP contribution is 2.26. The molecule has 2 amide bonds. The first-order chi connectivity index (χ1) is 14.3. The maximum absolute atomic E-state index is 13.2. The highest BCUT2D eigenvalue weighted by molar-refractivity contribution is 6.42. The van der Waals surface area contributed by atoms with Gasteiger partial charge in [0.05, 0.1) is 10.0 Å². The van der Waals surface area contributed by atoms with Gasteiger partial charge in [0.25, 0.3) is 11.7 Å². The first-order valence-corrected chi connectivity index (χ1v) is 10.4. The van der Waals surface area contributed by atoms with Crippen LogP contribution in [0.1, 0.15) is 41.3 Å². The topological polar surface area (TPSA) is 92.5 Å². The molecule has 10 heteroatoms. The van der Waals surface area contributed by atoms with Crippen LogP contribution in [0.5, 0.6) is 0 Å². The van der Waals surface area contributed by atoms with E-state index in [1.54, 1.807) is 18.2 Å².